The van der Waals surface area contributed by atoms with Gasteiger partial charge in [0.25, 0.3) is 5.56 Å². The zero-order valence-corrected chi connectivity index (χ0v) is 20.1. The van der Waals surface area contributed by atoms with E-state index in [2.05, 4.69) is 10.4 Å². The number of aryl methyl sites for hydroxylation is 1. The van der Waals surface area contributed by atoms with Crippen LogP contribution in [0, 0.1) is 19.8 Å². The molecule has 1 fully saturated rings. The molecule has 1 saturated heterocycles. The van der Waals surface area contributed by atoms with Gasteiger partial charge < -0.3 is 10.1 Å². The van der Waals surface area contributed by atoms with Crippen LogP contribution in [0.4, 0.5) is 5.69 Å². The Morgan fingerprint density at radius 3 is 2.73 bits per heavy atom. The first-order valence-corrected chi connectivity index (χ1v) is 12.1. The fourth-order valence-electron chi connectivity index (χ4n) is 3.63. The lowest BCUT2D eigenvalue weighted by Gasteiger charge is -2.31. The number of hydrogen-bond acceptors (Lipinski definition) is 7. The Bertz CT molecular complexity index is 1240. The van der Waals surface area contributed by atoms with Crippen molar-refractivity contribution >= 4 is 39.2 Å². The summed E-state index contributed by atoms with van der Waals surface area (Å²) in [6.07, 6.45) is 2.38. The number of nitrogens with zero attached hydrogens (tertiary/aromatic N) is 3. The van der Waals surface area contributed by atoms with Crippen molar-refractivity contribution in [2.75, 3.05) is 25.5 Å². The average molecular weight is 497 g/mol. The largest absolute Gasteiger partial charge is 0.469 e. The number of anilines is 1. The molecular weight excluding hydrogens is 472 g/mol. The number of nitrogens with one attached hydrogen (secondary N) is 1. The molecule has 1 aromatic carbocycles. The Labute approximate surface area is 196 Å². The predicted molar refractivity (Wildman–Crippen MR) is 122 cm³/mol. The van der Waals surface area contributed by atoms with Gasteiger partial charge in [0.1, 0.15) is 6.54 Å². The monoisotopic (exact) mass is 496 g/mol. The summed E-state index contributed by atoms with van der Waals surface area (Å²) in [6, 6.07) is 4.53. The number of hydrogen-bond donors (Lipinski definition) is 1. The van der Waals surface area contributed by atoms with E-state index >= 15 is 0 Å². The standard InChI is InChI=1S/C21H25ClN4O6S/c1-13-6-7-16(24-19(27)12-26-20(28)14(2)17(22)10-23-26)9-18(13)33(30,31)25-8-4-5-15(11-25)21(29)32-3/h6-7,9-10,15H,4-5,8,11-12H2,1-3H3,(H,24,27). The van der Waals surface area contributed by atoms with Gasteiger partial charge in [0.05, 0.1) is 29.1 Å². The molecule has 0 bridgehead atoms. The lowest BCUT2D eigenvalue weighted by atomic mass is 10.0. The third-order valence-corrected chi connectivity index (χ3v) is 7.91. The number of aromatic nitrogens is 2. The van der Waals surface area contributed by atoms with Crippen molar-refractivity contribution in [3.05, 3.63) is 50.9 Å². The van der Waals surface area contributed by atoms with Gasteiger partial charge in [0.2, 0.25) is 15.9 Å². The second-order valence-electron chi connectivity index (χ2n) is 7.83. The lowest BCUT2D eigenvalue weighted by Crippen LogP contribution is -2.42. The molecule has 1 aliphatic rings. The van der Waals surface area contributed by atoms with Crippen LogP contribution in [0.1, 0.15) is 24.0 Å². The SMILES string of the molecule is COC(=O)C1CCCN(S(=O)(=O)c2cc(NC(=O)Cn3ncc(Cl)c(C)c3=O)ccc2C)C1. The highest BCUT2D eigenvalue weighted by Crippen LogP contribution is 2.28. The lowest BCUT2D eigenvalue weighted by molar-refractivity contribution is -0.146. The van der Waals surface area contributed by atoms with Crippen LogP contribution in [-0.2, 0) is 30.9 Å². The van der Waals surface area contributed by atoms with Gasteiger partial charge in [-0.3, -0.25) is 14.4 Å². The normalized spacial score (nSPS) is 16.9. The molecule has 1 N–H and O–H groups in total. The molecule has 0 radical (unpaired) electrons. The van der Waals surface area contributed by atoms with Gasteiger partial charge in [-0.1, -0.05) is 17.7 Å². The minimum absolute atomic E-state index is 0.0310. The number of halogens is 1. The number of carbonyl (C=O) groups excluding carboxylic acids is 2. The molecule has 0 saturated carbocycles. The topological polar surface area (TPSA) is 128 Å². The minimum atomic E-state index is -3.91. The quantitative estimate of drug-likeness (QED) is 0.603. The van der Waals surface area contributed by atoms with Crippen LogP contribution in [0.5, 0.6) is 0 Å². The molecule has 1 unspecified atom stereocenters. The van der Waals surface area contributed by atoms with E-state index in [1.165, 1.54) is 30.6 Å². The van der Waals surface area contributed by atoms with Gasteiger partial charge in [-0.25, -0.2) is 13.1 Å². The molecule has 33 heavy (non-hydrogen) atoms. The van der Waals surface area contributed by atoms with E-state index in [0.29, 0.717) is 18.4 Å². The zero-order valence-electron chi connectivity index (χ0n) is 18.5. The summed E-state index contributed by atoms with van der Waals surface area (Å²) >= 11 is 5.86. The molecule has 1 aliphatic heterocycles. The molecule has 0 spiro atoms. The number of benzene rings is 1. The number of ether oxygens (including phenoxy) is 1. The molecule has 1 aromatic heterocycles. The summed E-state index contributed by atoms with van der Waals surface area (Å²) in [7, 11) is -2.63. The molecule has 1 amide bonds. The van der Waals surface area contributed by atoms with Crippen molar-refractivity contribution in [1.82, 2.24) is 14.1 Å². The summed E-state index contributed by atoms with van der Waals surface area (Å²) in [5.74, 6) is -1.51. The van der Waals surface area contributed by atoms with Gasteiger partial charge in [0, 0.05) is 24.3 Å². The number of amides is 1. The maximum absolute atomic E-state index is 13.3. The molecular formula is C21H25ClN4O6S. The Morgan fingerprint density at radius 1 is 1.30 bits per heavy atom. The highest BCUT2D eigenvalue weighted by Gasteiger charge is 2.34. The van der Waals surface area contributed by atoms with Crippen molar-refractivity contribution in [2.24, 2.45) is 5.92 Å². The van der Waals surface area contributed by atoms with E-state index in [9.17, 15) is 22.8 Å². The van der Waals surface area contributed by atoms with E-state index in [0.717, 1.165) is 4.68 Å². The summed E-state index contributed by atoms with van der Waals surface area (Å²) in [4.78, 5) is 36.6. The Kier molecular flexibility index (Phi) is 7.55. The van der Waals surface area contributed by atoms with E-state index in [1.54, 1.807) is 19.1 Å². The number of esters is 1. The summed E-state index contributed by atoms with van der Waals surface area (Å²) in [5, 5.41) is 6.66. The predicted octanol–water partition coefficient (Wildman–Crippen LogP) is 1.73. The van der Waals surface area contributed by atoms with Gasteiger partial charge in [0.15, 0.2) is 0 Å². The molecule has 0 aliphatic carbocycles. The van der Waals surface area contributed by atoms with Crippen LogP contribution >= 0.6 is 11.6 Å². The number of methoxy groups -OCH3 is 1. The van der Waals surface area contributed by atoms with Gasteiger partial charge in [-0.05, 0) is 44.4 Å². The highest BCUT2D eigenvalue weighted by molar-refractivity contribution is 7.89. The summed E-state index contributed by atoms with van der Waals surface area (Å²) in [6.45, 7) is 3.15. The fourth-order valence-corrected chi connectivity index (χ4v) is 5.53. The molecule has 1 atom stereocenters. The third-order valence-electron chi connectivity index (χ3n) is 5.53. The van der Waals surface area contributed by atoms with Crippen LogP contribution in [0.3, 0.4) is 0 Å². The van der Waals surface area contributed by atoms with E-state index in [-0.39, 0.29) is 40.8 Å². The minimum Gasteiger partial charge on any atom is -0.469 e. The third kappa shape index (κ3) is 5.43. The fraction of sp³-hybridized carbons (Fsp3) is 0.429. The van der Waals surface area contributed by atoms with Crippen LogP contribution < -0.4 is 10.9 Å². The Balaban J connectivity index is 1.80. The van der Waals surface area contributed by atoms with Crippen molar-refractivity contribution in [3.63, 3.8) is 0 Å². The van der Waals surface area contributed by atoms with Crippen LogP contribution in [0.2, 0.25) is 5.02 Å². The average Bonchev–Trinajstić information content (AvgIpc) is 2.80. The van der Waals surface area contributed by atoms with Crippen LogP contribution in [-0.4, -0.2) is 54.6 Å². The van der Waals surface area contributed by atoms with Crippen LogP contribution in [0.25, 0.3) is 0 Å². The molecule has 2 heterocycles. The van der Waals surface area contributed by atoms with E-state index in [4.69, 9.17) is 16.3 Å². The smallest absolute Gasteiger partial charge is 0.309 e. The summed E-state index contributed by atoms with van der Waals surface area (Å²) < 4.78 is 33.6. The molecule has 178 valence electrons. The Morgan fingerprint density at radius 2 is 2.03 bits per heavy atom. The second-order valence-corrected chi connectivity index (χ2v) is 10.1. The summed E-state index contributed by atoms with van der Waals surface area (Å²) in [5.41, 5.74) is 0.536. The molecule has 10 nitrogen and oxygen atoms in total. The van der Waals surface area contributed by atoms with Crippen molar-refractivity contribution in [3.8, 4) is 0 Å². The van der Waals surface area contributed by atoms with Crippen LogP contribution in [0.15, 0.2) is 34.1 Å². The zero-order chi connectivity index (χ0) is 24.3. The first-order valence-electron chi connectivity index (χ1n) is 10.2. The molecule has 2 aromatic rings. The van der Waals surface area contributed by atoms with Crippen molar-refractivity contribution < 1.29 is 22.7 Å². The van der Waals surface area contributed by atoms with Gasteiger partial charge in [-0.2, -0.15) is 9.40 Å². The Hall–Kier alpha value is -2.76. The maximum atomic E-state index is 13.3. The molecule has 12 heteroatoms. The van der Waals surface area contributed by atoms with Gasteiger partial charge in [-0.15, -0.1) is 0 Å². The highest BCUT2D eigenvalue weighted by atomic mass is 35.5. The number of carbonyl (C=O) groups is 2. The number of rotatable bonds is 6. The number of sulfonamides is 1. The first-order chi connectivity index (χ1) is 15.5. The second kappa shape index (κ2) is 10.0. The van der Waals surface area contributed by atoms with Crippen molar-refractivity contribution in [1.29, 1.82) is 0 Å². The first kappa shape index (κ1) is 24.9. The van der Waals surface area contributed by atoms with E-state index in [1.807, 2.05) is 0 Å². The molecule has 3 rings (SSSR count). The number of piperidine rings is 1. The van der Waals surface area contributed by atoms with Gasteiger partial charge >= 0.3 is 5.97 Å². The van der Waals surface area contributed by atoms with Crippen molar-refractivity contribution in [2.45, 2.75) is 38.1 Å². The maximum Gasteiger partial charge on any atom is 0.309 e. The van der Waals surface area contributed by atoms with E-state index < -0.39 is 33.4 Å².